The van der Waals surface area contributed by atoms with Gasteiger partial charge in [-0.25, -0.2) is 4.79 Å². The zero-order valence-electron chi connectivity index (χ0n) is 14.9. The lowest BCUT2D eigenvalue weighted by Gasteiger charge is -2.32. The van der Waals surface area contributed by atoms with Crippen LogP contribution in [-0.4, -0.2) is 43.4 Å². The molecule has 134 valence electrons. The molecule has 0 saturated heterocycles. The smallest absolute Gasteiger partial charge is 0.407 e. The van der Waals surface area contributed by atoms with Crippen LogP contribution in [0.15, 0.2) is 0 Å². The maximum absolute atomic E-state index is 11.8. The first kappa shape index (κ1) is 19.7. The van der Waals surface area contributed by atoms with Crippen LogP contribution >= 0.6 is 0 Å². The largest absolute Gasteiger partial charge is 0.466 e. The van der Waals surface area contributed by atoms with Crippen molar-refractivity contribution in [3.8, 4) is 0 Å². The number of carbonyl (C=O) groups excluding carboxylic acids is 2. The molecular weight excluding hydrogens is 296 g/mol. The maximum Gasteiger partial charge on any atom is 0.407 e. The highest BCUT2D eigenvalue weighted by atomic mass is 16.6. The number of alkyl carbamates (subject to hydrolysis) is 1. The fourth-order valence-corrected chi connectivity index (χ4v) is 2.84. The molecule has 23 heavy (non-hydrogen) atoms. The zero-order chi connectivity index (χ0) is 17.3. The number of esters is 1. The van der Waals surface area contributed by atoms with Crippen LogP contribution in [0, 0.1) is 5.92 Å². The zero-order valence-corrected chi connectivity index (χ0v) is 14.9. The van der Waals surface area contributed by atoms with Gasteiger partial charge in [0.25, 0.3) is 0 Å². The van der Waals surface area contributed by atoms with Gasteiger partial charge in [0.1, 0.15) is 5.60 Å². The predicted octanol–water partition coefficient (Wildman–Crippen LogP) is 2.61. The molecule has 1 aliphatic rings. The summed E-state index contributed by atoms with van der Waals surface area (Å²) >= 11 is 0. The SMILES string of the molecule is CCOC(=O)CCNC1CCCCC1CNC(=O)OC(C)(C)C. The van der Waals surface area contributed by atoms with Gasteiger partial charge in [0.15, 0.2) is 0 Å². The minimum Gasteiger partial charge on any atom is -0.466 e. The first-order valence-electron chi connectivity index (χ1n) is 8.67. The number of amides is 1. The molecule has 0 spiro atoms. The average Bonchev–Trinajstić information content (AvgIpc) is 2.45. The molecule has 2 atom stereocenters. The van der Waals surface area contributed by atoms with E-state index in [0.717, 1.165) is 12.8 Å². The number of ether oxygens (including phenoxy) is 2. The lowest BCUT2D eigenvalue weighted by molar-refractivity contribution is -0.143. The second-order valence-corrected chi connectivity index (χ2v) is 7.04. The highest BCUT2D eigenvalue weighted by Gasteiger charge is 2.26. The first-order valence-corrected chi connectivity index (χ1v) is 8.67. The van der Waals surface area contributed by atoms with Crippen molar-refractivity contribution in [3.05, 3.63) is 0 Å². The quantitative estimate of drug-likeness (QED) is 0.703. The third-order valence-corrected chi connectivity index (χ3v) is 3.86. The van der Waals surface area contributed by atoms with Gasteiger partial charge < -0.3 is 20.1 Å². The van der Waals surface area contributed by atoms with Crippen molar-refractivity contribution in [1.82, 2.24) is 10.6 Å². The molecule has 6 heteroatoms. The van der Waals surface area contributed by atoms with E-state index in [4.69, 9.17) is 9.47 Å². The Bertz CT molecular complexity index is 379. The van der Waals surface area contributed by atoms with Crippen LogP contribution in [-0.2, 0) is 14.3 Å². The topological polar surface area (TPSA) is 76.7 Å². The van der Waals surface area contributed by atoms with E-state index in [2.05, 4.69) is 10.6 Å². The third kappa shape index (κ3) is 8.79. The Morgan fingerprint density at radius 3 is 2.52 bits per heavy atom. The minimum atomic E-state index is -0.478. The van der Waals surface area contributed by atoms with Crippen molar-refractivity contribution in [1.29, 1.82) is 0 Å². The Labute approximate surface area is 139 Å². The Kier molecular flexibility index (Phi) is 8.37. The average molecular weight is 328 g/mol. The highest BCUT2D eigenvalue weighted by molar-refractivity contribution is 5.69. The summed E-state index contributed by atoms with van der Waals surface area (Å²) in [5.41, 5.74) is -0.478. The second kappa shape index (κ2) is 9.75. The number of rotatable bonds is 7. The molecule has 0 aliphatic heterocycles. The fraction of sp³-hybridized carbons (Fsp3) is 0.882. The second-order valence-electron chi connectivity index (χ2n) is 7.04. The number of hydrogen-bond acceptors (Lipinski definition) is 5. The van der Waals surface area contributed by atoms with Gasteiger partial charge in [0, 0.05) is 19.1 Å². The van der Waals surface area contributed by atoms with Crippen LogP contribution in [0.4, 0.5) is 4.79 Å². The van der Waals surface area contributed by atoms with E-state index in [1.54, 1.807) is 0 Å². The van der Waals surface area contributed by atoms with Gasteiger partial charge in [-0.3, -0.25) is 4.79 Å². The fourth-order valence-electron chi connectivity index (χ4n) is 2.84. The molecule has 1 aliphatic carbocycles. The van der Waals surface area contributed by atoms with E-state index >= 15 is 0 Å². The summed E-state index contributed by atoms with van der Waals surface area (Å²) in [5, 5.41) is 6.31. The van der Waals surface area contributed by atoms with Gasteiger partial charge in [-0.05, 0) is 46.5 Å². The molecule has 1 rings (SSSR count). The number of hydrogen-bond donors (Lipinski definition) is 2. The molecule has 1 amide bonds. The van der Waals surface area contributed by atoms with Crippen LogP contribution in [0.25, 0.3) is 0 Å². The van der Waals surface area contributed by atoms with E-state index in [-0.39, 0.29) is 12.1 Å². The lowest BCUT2D eigenvalue weighted by Crippen LogP contribution is -2.45. The van der Waals surface area contributed by atoms with Crippen molar-refractivity contribution < 1.29 is 19.1 Å². The van der Waals surface area contributed by atoms with Crippen LogP contribution in [0.1, 0.15) is 59.8 Å². The number of carbonyl (C=O) groups is 2. The van der Waals surface area contributed by atoms with Crippen molar-refractivity contribution in [2.75, 3.05) is 19.7 Å². The van der Waals surface area contributed by atoms with Gasteiger partial charge >= 0.3 is 12.1 Å². The molecule has 1 fully saturated rings. The standard InChI is InChI=1S/C17H32N2O4/c1-5-22-15(20)10-11-18-14-9-7-6-8-13(14)12-19-16(21)23-17(2,3)4/h13-14,18H,5-12H2,1-4H3,(H,19,21). The maximum atomic E-state index is 11.8. The van der Waals surface area contributed by atoms with Gasteiger partial charge in [0.2, 0.25) is 0 Å². The third-order valence-electron chi connectivity index (χ3n) is 3.86. The van der Waals surface area contributed by atoms with E-state index in [9.17, 15) is 9.59 Å². The summed E-state index contributed by atoms with van der Waals surface area (Å²) < 4.78 is 10.2. The van der Waals surface area contributed by atoms with E-state index < -0.39 is 5.60 Å². The van der Waals surface area contributed by atoms with Gasteiger partial charge in [-0.2, -0.15) is 0 Å². The van der Waals surface area contributed by atoms with Crippen molar-refractivity contribution in [3.63, 3.8) is 0 Å². The van der Waals surface area contributed by atoms with Crippen molar-refractivity contribution in [2.24, 2.45) is 5.92 Å². The van der Waals surface area contributed by atoms with Crippen LogP contribution < -0.4 is 10.6 Å². The Morgan fingerprint density at radius 2 is 1.87 bits per heavy atom. The van der Waals surface area contributed by atoms with E-state index in [1.165, 1.54) is 12.8 Å². The molecule has 1 saturated carbocycles. The summed E-state index contributed by atoms with van der Waals surface area (Å²) in [4.78, 5) is 23.1. The molecule has 0 aromatic heterocycles. The van der Waals surface area contributed by atoms with Crippen LogP contribution in [0.5, 0.6) is 0 Å². The Balaban J connectivity index is 2.33. The van der Waals surface area contributed by atoms with Gasteiger partial charge in [0.05, 0.1) is 13.0 Å². The monoisotopic (exact) mass is 328 g/mol. The normalized spacial score (nSPS) is 21.6. The predicted molar refractivity (Wildman–Crippen MR) is 89.2 cm³/mol. The van der Waals surface area contributed by atoms with E-state index in [0.29, 0.717) is 38.1 Å². The Morgan fingerprint density at radius 1 is 1.17 bits per heavy atom. The molecule has 0 radical (unpaired) electrons. The first-order chi connectivity index (χ1) is 10.8. The molecule has 0 aromatic carbocycles. The van der Waals surface area contributed by atoms with Gasteiger partial charge in [-0.15, -0.1) is 0 Å². The summed E-state index contributed by atoms with van der Waals surface area (Å²) in [6, 6.07) is 0.327. The summed E-state index contributed by atoms with van der Waals surface area (Å²) in [5.74, 6) is 0.206. The molecule has 0 bridgehead atoms. The van der Waals surface area contributed by atoms with Crippen molar-refractivity contribution in [2.45, 2.75) is 71.4 Å². The van der Waals surface area contributed by atoms with E-state index in [1.807, 2.05) is 27.7 Å². The molecule has 2 unspecified atom stereocenters. The van der Waals surface area contributed by atoms with Crippen LogP contribution in [0.3, 0.4) is 0 Å². The molecule has 0 heterocycles. The van der Waals surface area contributed by atoms with Crippen LogP contribution in [0.2, 0.25) is 0 Å². The Hall–Kier alpha value is -1.30. The lowest BCUT2D eigenvalue weighted by atomic mass is 9.84. The van der Waals surface area contributed by atoms with Gasteiger partial charge in [-0.1, -0.05) is 12.8 Å². The summed E-state index contributed by atoms with van der Waals surface area (Å²) in [6.45, 7) is 9.01. The molecule has 6 nitrogen and oxygen atoms in total. The summed E-state index contributed by atoms with van der Waals surface area (Å²) in [6.07, 6.45) is 4.53. The summed E-state index contributed by atoms with van der Waals surface area (Å²) in [7, 11) is 0. The van der Waals surface area contributed by atoms with Crippen molar-refractivity contribution >= 4 is 12.1 Å². The number of nitrogens with one attached hydrogen (secondary N) is 2. The molecular formula is C17H32N2O4. The molecule has 2 N–H and O–H groups in total. The molecule has 0 aromatic rings. The highest BCUT2D eigenvalue weighted by Crippen LogP contribution is 2.24. The minimum absolute atomic E-state index is 0.167.